The van der Waals surface area contributed by atoms with Crippen molar-refractivity contribution in [1.29, 1.82) is 0 Å². The molecule has 1 aliphatic rings. The molecule has 0 amide bonds. The van der Waals surface area contributed by atoms with Gasteiger partial charge in [0.05, 0.1) is 19.2 Å². The van der Waals surface area contributed by atoms with Crippen molar-refractivity contribution in [3.05, 3.63) is 59.4 Å². The molecule has 2 aromatic heterocycles. The van der Waals surface area contributed by atoms with E-state index in [1.807, 2.05) is 12.1 Å². The SMILES string of the molecule is COc1cccc2c1nc(N)n1nc(CN(Cc3ccc(C(F)(F)F)cc3)C3CC3)nc21. The summed E-state index contributed by atoms with van der Waals surface area (Å²) >= 11 is 0. The van der Waals surface area contributed by atoms with Crippen LogP contribution in [-0.4, -0.2) is 37.6 Å². The highest BCUT2D eigenvalue weighted by Crippen LogP contribution is 2.32. The Morgan fingerprint density at radius 2 is 1.84 bits per heavy atom. The van der Waals surface area contributed by atoms with Gasteiger partial charge in [-0.2, -0.15) is 17.7 Å². The number of hydrogen-bond donors (Lipinski definition) is 1. The van der Waals surface area contributed by atoms with Crippen molar-refractivity contribution in [2.75, 3.05) is 12.8 Å². The number of nitrogens with two attached hydrogens (primary N) is 1. The van der Waals surface area contributed by atoms with Crippen molar-refractivity contribution < 1.29 is 17.9 Å². The van der Waals surface area contributed by atoms with Crippen molar-refractivity contribution in [3.8, 4) is 5.75 Å². The summed E-state index contributed by atoms with van der Waals surface area (Å²) in [4.78, 5) is 11.3. The first kappa shape index (κ1) is 20.5. The topological polar surface area (TPSA) is 81.6 Å². The van der Waals surface area contributed by atoms with E-state index in [1.165, 1.54) is 16.6 Å². The van der Waals surface area contributed by atoms with E-state index in [0.717, 1.165) is 35.9 Å². The Bertz CT molecular complexity index is 1280. The van der Waals surface area contributed by atoms with Gasteiger partial charge in [-0.1, -0.05) is 18.2 Å². The number of alkyl halides is 3. The molecule has 166 valence electrons. The molecule has 1 saturated carbocycles. The van der Waals surface area contributed by atoms with Crippen LogP contribution in [0.3, 0.4) is 0 Å². The third-order valence-electron chi connectivity index (χ3n) is 5.63. The lowest BCUT2D eigenvalue weighted by molar-refractivity contribution is -0.137. The molecule has 32 heavy (non-hydrogen) atoms. The average Bonchev–Trinajstić information content (AvgIpc) is 3.52. The number of hydrogen-bond acceptors (Lipinski definition) is 6. The Morgan fingerprint density at radius 3 is 2.50 bits per heavy atom. The second kappa shape index (κ2) is 7.63. The van der Waals surface area contributed by atoms with Crippen LogP contribution >= 0.6 is 0 Å². The van der Waals surface area contributed by atoms with Crippen LogP contribution in [0.25, 0.3) is 16.6 Å². The number of nitrogens with zero attached hydrogens (tertiary/aromatic N) is 5. The van der Waals surface area contributed by atoms with Gasteiger partial charge in [-0.15, -0.1) is 5.10 Å². The third kappa shape index (κ3) is 3.81. The molecule has 5 rings (SSSR count). The van der Waals surface area contributed by atoms with Crippen molar-refractivity contribution in [2.45, 2.75) is 38.1 Å². The number of fused-ring (bicyclic) bond motifs is 3. The lowest BCUT2D eigenvalue weighted by Crippen LogP contribution is -2.25. The van der Waals surface area contributed by atoms with E-state index in [1.54, 1.807) is 13.2 Å². The van der Waals surface area contributed by atoms with E-state index in [2.05, 4.69) is 15.0 Å². The summed E-state index contributed by atoms with van der Waals surface area (Å²) in [6.45, 7) is 0.971. The lowest BCUT2D eigenvalue weighted by Gasteiger charge is -2.20. The fourth-order valence-electron chi connectivity index (χ4n) is 3.87. The normalized spacial score (nSPS) is 14.5. The molecular formula is C22H21F3N6O. The molecule has 4 aromatic rings. The molecule has 2 heterocycles. The number of anilines is 1. The number of rotatable bonds is 6. The Labute approximate surface area is 181 Å². The summed E-state index contributed by atoms with van der Waals surface area (Å²) in [5, 5.41) is 5.32. The minimum Gasteiger partial charge on any atom is -0.494 e. The predicted molar refractivity (Wildman–Crippen MR) is 113 cm³/mol. The molecule has 10 heteroatoms. The zero-order valence-corrected chi connectivity index (χ0v) is 17.3. The molecule has 0 aliphatic heterocycles. The van der Waals surface area contributed by atoms with Crippen molar-refractivity contribution in [2.24, 2.45) is 0 Å². The van der Waals surface area contributed by atoms with Crippen LogP contribution < -0.4 is 10.5 Å². The molecular weight excluding hydrogens is 421 g/mol. The molecule has 2 aromatic carbocycles. The lowest BCUT2D eigenvalue weighted by atomic mass is 10.1. The molecule has 0 bridgehead atoms. The van der Waals surface area contributed by atoms with E-state index in [4.69, 9.17) is 15.5 Å². The number of ether oxygens (including phenoxy) is 1. The number of nitrogen functional groups attached to an aromatic ring is 1. The maximum atomic E-state index is 12.8. The van der Waals surface area contributed by atoms with Gasteiger partial charge in [0.15, 0.2) is 11.5 Å². The molecule has 1 aliphatic carbocycles. The van der Waals surface area contributed by atoms with Gasteiger partial charge in [-0.3, -0.25) is 4.90 Å². The molecule has 0 saturated heterocycles. The van der Waals surface area contributed by atoms with Crippen LogP contribution in [0, 0.1) is 0 Å². The zero-order valence-electron chi connectivity index (χ0n) is 17.3. The molecule has 0 atom stereocenters. The molecule has 1 fully saturated rings. The second-order valence-corrected chi connectivity index (χ2v) is 7.92. The first-order chi connectivity index (χ1) is 15.3. The Hall–Kier alpha value is -3.40. The maximum Gasteiger partial charge on any atom is 0.416 e. The molecule has 0 radical (unpaired) electrons. The smallest absolute Gasteiger partial charge is 0.416 e. The van der Waals surface area contributed by atoms with E-state index in [-0.39, 0.29) is 5.95 Å². The summed E-state index contributed by atoms with van der Waals surface area (Å²) in [5.74, 6) is 1.38. The molecule has 2 N–H and O–H groups in total. The van der Waals surface area contributed by atoms with E-state index < -0.39 is 11.7 Å². The summed E-state index contributed by atoms with van der Waals surface area (Å²) < 4.78 is 45.4. The first-order valence-corrected chi connectivity index (χ1v) is 10.2. The third-order valence-corrected chi connectivity index (χ3v) is 5.63. The number of para-hydroxylation sites is 1. The van der Waals surface area contributed by atoms with Gasteiger partial charge < -0.3 is 10.5 Å². The van der Waals surface area contributed by atoms with Gasteiger partial charge in [0.25, 0.3) is 0 Å². The van der Waals surface area contributed by atoms with Crippen molar-refractivity contribution >= 4 is 22.5 Å². The molecule has 0 unspecified atom stereocenters. The Kier molecular flexibility index (Phi) is 4.89. The number of halogens is 3. The van der Waals surface area contributed by atoms with Crippen molar-refractivity contribution in [3.63, 3.8) is 0 Å². The quantitative estimate of drug-likeness (QED) is 0.485. The van der Waals surface area contributed by atoms with E-state index in [0.29, 0.717) is 41.9 Å². The fraction of sp³-hybridized carbons (Fsp3) is 0.318. The van der Waals surface area contributed by atoms with Crippen molar-refractivity contribution in [1.82, 2.24) is 24.5 Å². The average molecular weight is 442 g/mol. The van der Waals surface area contributed by atoms with Gasteiger partial charge in [0.1, 0.15) is 11.3 Å². The van der Waals surface area contributed by atoms with Gasteiger partial charge in [-0.05, 0) is 42.7 Å². The summed E-state index contributed by atoms with van der Waals surface area (Å²) in [5.41, 5.74) is 7.49. The number of aromatic nitrogens is 4. The minimum atomic E-state index is -4.34. The van der Waals surface area contributed by atoms with Gasteiger partial charge in [-0.25, -0.2) is 9.97 Å². The van der Waals surface area contributed by atoms with Gasteiger partial charge in [0, 0.05) is 18.0 Å². The largest absolute Gasteiger partial charge is 0.494 e. The highest BCUT2D eigenvalue weighted by atomic mass is 19.4. The van der Waals surface area contributed by atoms with Crippen LogP contribution in [0.1, 0.15) is 29.8 Å². The molecule has 7 nitrogen and oxygen atoms in total. The standard InChI is InChI=1S/C22H21F3N6O/c1-32-17-4-2-3-16-19(17)28-21(26)31-20(16)27-18(29-31)12-30(15-9-10-15)11-13-5-7-14(8-6-13)22(23,24)25/h2-8,15H,9-12H2,1H3,(H2,26,28). The van der Waals surface area contributed by atoms with E-state index >= 15 is 0 Å². The zero-order chi connectivity index (χ0) is 22.5. The summed E-state index contributed by atoms with van der Waals surface area (Å²) in [6.07, 6.45) is -2.26. The van der Waals surface area contributed by atoms with E-state index in [9.17, 15) is 13.2 Å². The van der Waals surface area contributed by atoms with Crippen LogP contribution in [0.4, 0.5) is 19.1 Å². The minimum absolute atomic E-state index is 0.205. The second-order valence-electron chi connectivity index (χ2n) is 7.92. The highest BCUT2D eigenvalue weighted by Gasteiger charge is 2.32. The predicted octanol–water partition coefficient (Wildman–Crippen LogP) is 4.05. The van der Waals surface area contributed by atoms with Crippen LogP contribution in [0.2, 0.25) is 0 Å². The number of methoxy groups -OCH3 is 1. The molecule has 0 spiro atoms. The van der Waals surface area contributed by atoms with Crippen LogP contribution in [0.5, 0.6) is 5.75 Å². The maximum absolute atomic E-state index is 12.8. The van der Waals surface area contributed by atoms with Crippen LogP contribution in [-0.2, 0) is 19.3 Å². The summed E-state index contributed by atoms with van der Waals surface area (Å²) in [7, 11) is 1.57. The summed E-state index contributed by atoms with van der Waals surface area (Å²) in [6, 6.07) is 11.2. The van der Waals surface area contributed by atoms with Gasteiger partial charge in [0.2, 0.25) is 5.95 Å². The Balaban J connectivity index is 1.44. The first-order valence-electron chi connectivity index (χ1n) is 10.2. The van der Waals surface area contributed by atoms with Crippen LogP contribution in [0.15, 0.2) is 42.5 Å². The number of benzene rings is 2. The highest BCUT2D eigenvalue weighted by molar-refractivity contribution is 5.95. The Morgan fingerprint density at radius 1 is 1.09 bits per heavy atom. The fourth-order valence-corrected chi connectivity index (χ4v) is 3.87. The monoisotopic (exact) mass is 442 g/mol. The van der Waals surface area contributed by atoms with Gasteiger partial charge >= 0.3 is 6.18 Å².